The van der Waals surface area contributed by atoms with Gasteiger partial charge in [0, 0.05) is 6.54 Å². The maximum atomic E-state index is 10.8. The predicted molar refractivity (Wildman–Crippen MR) is 29.5 cm³/mol. The highest BCUT2D eigenvalue weighted by Crippen LogP contribution is 2.18. The summed E-state index contributed by atoms with van der Waals surface area (Å²) in [6, 6.07) is 0. The lowest BCUT2D eigenvalue weighted by molar-refractivity contribution is -0.131. The molecule has 5 nitrogen and oxygen atoms in total. The van der Waals surface area contributed by atoms with E-state index in [1.165, 1.54) is 0 Å². The fourth-order valence-corrected chi connectivity index (χ4v) is 1.17. The van der Waals surface area contributed by atoms with E-state index in [0.717, 1.165) is 0 Å². The van der Waals surface area contributed by atoms with E-state index in [-0.39, 0.29) is 17.7 Å². The van der Waals surface area contributed by atoms with Crippen LogP contribution < -0.4 is 10.8 Å². The fraction of sp³-hybridized carbons (Fsp3) is 0.600. The number of carbonyl (C=O) groups is 2. The molecule has 2 aliphatic heterocycles. The number of amides is 2. The molecule has 2 unspecified atom stereocenters. The Morgan fingerprint density at radius 3 is 2.90 bits per heavy atom. The van der Waals surface area contributed by atoms with Crippen LogP contribution in [-0.2, 0) is 14.4 Å². The number of hydroxylamine groups is 1. The first-order chi connectivity index (χ1) is 4.79. The number of nitrogens with one attached hydrogen (secondary N) is 2. The smallest absolute Gasteiger partial charge is 0.258 e. The minimum absolute atomic E-state index is 0.236. The Kier molecular flexibility index (Phi) is 1.03. The second-order valence-corrected chi connectivity index (χ2v) is 2.35. The highest BCUT2D eigenvalue weighted by atomic mass is 16.7. The first-order valence-corrected chi connectivity index (χ1v) is 3.02. The lowest BCUT2D eigenvalue weighted by Crippen LogP contribution is -2.28. The summed E-state index contributed by atoms with van der Waals surface area (Å²) in [6.45, 7) is 0.433. The molecule has 0 saturated carbocycles. The van der Waals surface area contributed by atoms with Crippen molar-refractivity contribution in [3.63, 3.8) is 0 Å². The normalized spacial score (nSPS) is 38.0. The maximum absolute atomic E-state index is 10.8. The average Bonchev–Trinajstić information content (AvgIpc) is 2.39. The Bertz CT molecular complexity index is 183. The fourth-order valence-electron chi connectivity index (χ4n) is 1.17. The lowest BCUT2D eigenvalue weighted by atomic mass is 10.1. The minimum Gasteiger partial charge on any atom is -0.294 e. The summed E-state index contributed by atoms with van der Waals surface area (Å²) in [5.74, 6) is -0.882. The molecule has 0 aromatic rings. The molecule has 2 saturated heterocycles. The summed E-state index contributed by atoms with van der Waals surface area (Å²) >= 11 is 0. The van der Waals surface area contributed by atoms with Crippen LogP contribution >= 0.6 is 0 Å². The van der Waals surface area contributed by atoms with Crippen molar-refractivity contribution in [1.82, 2.24) is 10.8 Å². The van der Waals surface area contributed by atoms with Crippen LogP contribution in [-0.4, -0.2) is 24.5 Å². The minimum atomic E-state index is -0.590. The topological polar surface area (TPSA) is 67.4 Å². The molecule has 2 N–H and O–H groups in total. The van der Waals surface area contributed by atoms with Crippen molar-refractivity contribution in [1.29, 1.82) is 0 Å². The van der Waals surface area contributed by atoms with Crippen molar-refractivity contribution >= 4 is 11.8 Å². The first kappa shape index (κ1) is 5.82. The molecule has 0 aromatic carbocycles. The summed E-state index contributed by atoms with van der Waals surface area (Å²) in [5, 5.41) is 2.18. The van der Waals surface area contributed by atoms with Crippen molar-refractivity contribution in [3.8, 4) is 0 Å². The van der Waals surface area contributed by atoms with E-state index in [2.05, 4.69) is 10.8 Å². The Labute approximate surface area is 56.7 Å². The van der Waals surface area contributed by atoms with Gasteiger partial charge in [-0.25, -0.2) is 5.48 Å². The van der Waals surface area contributed by atoms with Gasteiger partial charge in [0.2, 0.25) is 5.91 Å². The summed E-state index contributed by atoms with van der Waals surface area (Å²) in [6.07, 6.45) is -0.590. The van der Waals surface area contributed by atoms with Crippen molar-refractivity contribution < 1.29 is 14.4 Å². The first-order valence-electron chi connectivity index (χ1n) is 3.02. The lowest BCUT2D eigenvalue weighted by Gasteiger charge is -1.97. The molecule has 0 aliphatic carbocycles. The van der Waals surface area contributed by atoms with Crippen LogP contribution in [0.15, 0.2) is 0 Å². The Morgan fingerprint density at radius 2 is 2.20 bits per heavy atom. The number of hydrogen-bond donors (Lipinski definition) is 2. The van der Waals surface area contributed by atoms with Crippen LogP contribution in [0.25, 0.3) is 0 Å². The monoisotopic (exact) mass is 142 g/mol. The van der Waals surface area contributed by atoms with Gasteiger partial charge in [-0.2, -0.15) is 0 Å². The van der Waals surface area contributed by atoms with Gasteiger partial charge < -0.3 is 0 Å². The van der Waals surface area contributed by atoms with Gasteiger partial charge in [0.1, 0.15) is 0 Å². The van der Waals surface area contributed by atoms with Gasteiger partial charge in [-0.15, -0.1) is 0 Å². The van der Waals surface area contributed by atoms with Crippen LogP contribution in [0.4, 0.5) is 0 Å². The molecule has 0 bridgehead atoms. The van der Waals surface area contributed by atoms with E-state index in [9.17, 15) is 9.59 Å². The summed E-state index contributed by atoms with van der Waals surface area (Å²) < 4.78 is 0. The van der Waals surface area contributed by atoms with Crippen molar-refractivity contribution in [2.75, 3.05) is 6.54 Å². The van der Waals surface area contributed by atoms with Crippen molar-refractivity contribution in [2.24, 2.45) is 5.92 Å². The molecule has 0 aromatic heterocycles. The summed E-state index contributed by atoms with van der Waals surface area (Å²) in [5.41, 5.74) is 2.50. The molecule has 10 heavy (non-hydrogen) atoms. The molecule has 2 heterocycles. The Morgan fingerprint density at radius 1 is 1.40 bits per heavy atom. The molecule has 2 aliphatic rings. The zero-order valence-corrected chi connectivity index (χ0v) is 5.09. The number of rotatable bonds is 0. The largest absolute Gasteiger partial charge is 0.294 e. The molecule has 2 atom stereocenters. The van der Waals surface area contributed by atoms with E-state index in [1.807, 2.05) is 0 Å². The molecule has 2 amide bonds. The molecule has 2 fully saturated rings. The third-order valence-electron chi connectivity index (χ3n) is 1.72. The highest BCUT2D eigenvalue weighted by Gasteiger charge is 2.46. The molecule has 0 radical (unpaired) electrons. The molecular weight excluding hydrogens is 136 g/mol. The quantitative estimate of drug-likeness (QED) is 0.390. The van der Waals surface area contributed by atoms with Crippen LogP contribution in [0.2, 0.25) is 0 Å². The van der Waals surface area contributed by atoms with Gasteiger partial charge in [-0.3, -0.25) is 19.7 Å². The zero-order valence-electron chi connectivity index (χ0n) is 5.09. The van der Waals surface area contributed by atoms with Gasteiger partial charge >= 0.3 is 0 Å². The zero-order chi connectivity index (χ0) is 7.14. The molecule has 54 valence electrons. The van der Waals surface area contributed by atoms with Gasteiger partial charge in [-0.05, 0) is 0 Å². The van der Waals surface area contributed by atoms with Crippen molar-refractivity contribution in [3.05, 3.63) is 0 Å². The average molecular weight is 142 g/mol. The Balaban J connectivity index is 2.27. The Hall–Kier alpha value is -0.940. The second kappa shape index (κ2) is 1.77. The van der Waals surface area contributed by atoms with Crippen LogP contribution in [0.5, 0.6) is 0 Å². The van der Waals surface area contributed by atoms with Crippen LogP contribution in [0.3, 0.4) is 0 Å². The molecular formula is C5H6N2O3. The van der Waals surface area contributed by atoms with E-state index < -0.39 is 6.10 Å². The van der Waals surface area contributed by atoms with E-state index in [1.54, 1.807) is 0 Å². The van der Waals surface area contributed by atoms with E-state index in [0.29, 0.717) is 6.54 Å². The van der Waals surface area contributed by atoms with Crippen molar-refractivity contribution in [2.45, 2.75) is 6.10 Å². The number of carbonyl (C=O) groups excluding carboxylic acids is 2. The van der Waals surface area contributed by atoms with E-state index in [4.69, 9.17) is 4.84 Å². The standard InChI is InChI=1S/C5H6N2O3/c8-4-2-1-6-10-3(2)5(9)7-4/h2-3,6H,1H2,(H,7,8,9). The SMILES string of the molecule is O=C1NC(=O)C2ONCC12. The third kappa shape index (κ3) is 0.585. The molecule has 5 heteroatoms. The highest BCUT2D eigenvalue weighted by molar-refractivity contribution is 6.06. The predicted octanol–water partition coefficient (Wildman–Crippen LogP) is -1.84. The number of hydrogen-bond acceptors (Lipinski definition) is 4. The summed E-state index contributed by atoms with van der Waals surface area (Å²) in [7, 11) is 0. The van der Waals surface area contributed by atoms with Gasteiger partial charge in [0.05, 0.1) is 5.92 Å². The summed E-state index contributed by atoms with van der Waals surface area (Å²) in [4.78, 5) is 26.4. The van der Waals surface area contributed by atoms with Crippen LogP contribution in [0.1, 0.15) is 0 Å². The second-order valence-electron chi connectivity index (χ2n) is 2.35. The van der Waals surface area contributed by atoms with E-state index >= 15 is 0 Å². The molecule has 0 spiro atoms. The van der Waals surface area contributed by atoms with Gasteiger partial charge in [0.15, 0.2) is 6.10 Å². The maximum Gasteiger partial charge on any atom is 0.258 e. The number of fused-ring (bicyclic) bond motifs is 1. The molecule has 2 rings (SSSR count). The van der Waals surface area contributed by atoms with Crippen LogP contribution in [0, 0.1) is 5.92 Å². The van der Waals surface area contributed by atoms with Gasteiger partial charge in [-0.1, -0.05) is 0 Å². The van der Waals surface area contributed by atoms with Gasteiger partial charge in [0.25, 0.3) is 5.91 Å². The third-order valence-corrected chi connectivity index (χ3v) is 1.72. The number of imide groups is 1.